The van der Waals surface area contributed by atoms with Crippen molar-refractivity contribution in [1.29, 1.82) is 0 Å². The summed E-state index contributed by atoms with van der Waals surface area (Å²) >= 11 is 0. The predicted molar refractivity (Wildman–Crippen MR) is 57.8 cm³/mol. The summed E-state index contributed by atoms with van der Waals surface area (Å²) in [5, 5.41) is 3.43. The van der Waals surface area contributed by atoms with E-state index in [2.05, 4.69) is 19.2 Å². The second-order valence-corrected chi connectivity index (χ2v) is 4.67. The molecule has 0 saturated carbocycles. The SMILES string of the molecule is CC(C)NC1CCCN1C(=O)C(C)C. The van der Waals surface area contributed by atoms with Gasteiger partial charge in [0, 0.05) is 18.5 Å². The van der Waals surface area contributed by atoms with Crippen LogP contribution in [-0.4, -0.2) is 29.6 Å². The molecular weight excluding hydrogens is 176 g/mol. The zero-order valence-corrected chi connectivity index (χ0v) is 9.71. The highest BCUT2D eigenvalue weighted by Crippen LogP contribution is 2.18. The van der Waals surface area contributed by atoms with Crippen LogP contribution in [-0.2, 0) is 4.79 Å². The zero-order valence-electron chi connectivity index (χ0n) is 9.71. The molecule has 0 spiro atoms. The fraction of sp³-hybridized carbons (Fsp3) is 0.909. The number of nitrogens with zero attached hydrogens (tertiary/aromatic N) is 1. The lowest BCUT2D eigenvalue weighted by Gasteiger charge is -2.28. The van der Waals surface area contributed by atoms with Gasteiger partial charge in [0.05, 0.1) is 6.17 Å². The monoisotopic (exact) mass is 198 g/mol. The van der Waals surface area contributed by atoms with Crippen molar-refractivity contribution in [2.24, 2.45) is 5.92 Å². The number of hydrogen-bond donors (Lipinski definition) is 1. The van der Waals surface area contributed by atoms with Gasteiger partial charge in [0.15, 0.2) is 0 Å². The van der Waals surface area contributed by atoms with Crippen LogP contribution in [0.15, 0.2) is 0 Å². The molecule has 1 amide bonds. The van der Waals surface area contributed by atoms with E-state index in [4.69, 9.17) is 0 Å². The van der Waals surface area contributed by atoms with Gasteiger partial charge in [0.25, 0.3) is 0 Å². The molecule has 0 aromatic carbocycles. The maximum absolute atomic E-state index is 11.8. The average Bonchev–Trinajstić information content (AvgIpc) is 2.49. The quantitative estimate of drug-likeness (QED) is 0.747. The number of rotatable bonds is 3. The van der Waals surface area contributed by atoms with Gasteiger partial charge in [-0.2, -0.15) is 0 Å². The van der Waals surface area contributed by atoms with Crippen molar-refractivity contribution in [2.75, 3.05) is 6.54 Å². The van der Waals surface area contributed by atoms with Crippen LogP contribution in [0.25, 0.3) is 0 Å². The molecule has 0 aliphatic carbocycles. The Bertz CT molecular complexity index is 201. The summed E-state index contributed by atoms with van der Waals surface area (Å²) in [4.78, 5) is 13.8. The van der Waals surface area contributed by atoms with Gasteiger partial charge in [0.2, 0.25) is 5.91 Å². The largest absolute Gasteiger partial charge is 0.327 e. The fourth-order valence-electron chi connectivity index (χ4n) is 1.92. The van der Waals surface area contributed by atoms with Gasteiger partial charge in [-0.1, -0.05) is 13.8 Å². The molecule has 0 bridgehead atoms. The van der Waals surface area contributed by atoms with E-state index in [1.54, 1.807) is 0 Å². The molecule has 1 aliphatic heterocycles. The second-order valence-electron chi connectivity index (χ2n) is 4.67. The van der Waals surface area contributed by atoms with E-state index in [1.165, 1.54) is 0 Å². The van der Waals surface area contributed by atoms with Crippen LogP contribution < -0.4 is 5.32 Å². The molecule has 0 aromatic heterocycles. The van der Waals surface area contributed by atoms with Gasteiger partial charge in [-0.25, -0.2) is 0 Å². The van der Waals surface area contributed by atoms with E-state index >= 15 is 0 Å². The van der Waals surface area contributed by atoms with Gasteiger partial charge in [-0.15, -0.1) is 0 Å². The maximum atomic E-state index is 11.8. The number of amides is 1. The Balaban J connectivity index is 2.55. The van der Waals surface area contributed by atoms with E-state index in [0.717, 1.165) is 19.4 Å². The van der Waals surface area contributed by atoms with Crippen molar-refractivity contribution in [1.82, 2.24) is 10.2 Å². The van der Waals surface area contributed by atoms with Crippen LogP contribution >= 0.6 is 0 Å². The van der Waals surface area contributed by atoms with E-state index in [9.17, 15) is 4.79 Å². The molecule has 1 fully saturated rings. The van der Waals surface area contributed by atoms with Crippen molar-refractivity contribution >= 4 is 5.91 Å². The number of hydrogen-bond acceptors (Lipinski definition) is 2. The number of carbonyl (C=O) groups is 1. The summed E-state index contributed by atoms with van der Waals surface area (Å²) < 4.78 is 0. The number of carbonyl (C=O) groups excluding carboxylic acids is 1. The summed E-state index contributed by atoms with van der Waals surface area (Å²) in [7, 11) is 0. The molecule has 1 rings (SSSR count). The summed E-state index contributed by atoms with van der Waals surface area (Å²) in [6.45, 7) is 9.09. The van der Waals surface area contributed by atoms with Gasteiger partial charge in [-0.3, -0.25) is 10.1 Å². The molecule has 82 valence electrons. The third kappa shape index (κ3) is 2.71. The van der Waals surface area contributed by atoms with Crippen LogP contribution in [0.4, 0.5) is 0 Å². The Morgan fingerprint density at radius 2 is 2.00 bits per heavy atom. The number of likely N-dealkylation sites (tertiary alicyclic amines) is 1. The lowest BCUT2D eigenvalue weighted by Crippen LogP contribution is -2.48. The molecule has 1 N–H and O–H groups in total. The van der Waals surface area contributed by atoms with Crippen molar-refractivity contribution < 1.29 is 4.79 Å². The normalized spacial score (nSPS) is 22.4. The Hall–Kier alpha value is -0.570. The highest BCUT2D eigenvalue weighted by atomic mass is 16.2. The molecule has 0 aromatic rings. The van der Waals surface area contributed by atoms with Gasteiger partial charge >= 0.3 is 0 Å². The summed E-state index contributed by atoms with van der Waals surface area (Å²) in [6, 6.07) is 0.445. The molecule has 1 saturated heterocycles. The standard InChI is InChI=1S/C11H22N2O/c1-8(2)11(14)13-7-5-6-10(13)12-9(3)4/h8-10,12H,5-7H2,1-4H3. The summed E-state index contributed by atoms with van der Waals surface area (Å²) in [6.07, 6.45) is 2.49. The fourth-order valence-corrected chi connectivity index (χ4v) is 1.92. The lowest BCUT2D eigenvalue weighted by atomic mass is 10.2. The Kier molecular flexibility index (Phi) is 3.93. The highest BCUT2D eigenvalue weighted by Gasteiger charge is 2.29. The second kappa shape index (κ2) is 4.78. The van der Waals surface area contributed by atoms with E-state index in [-0.39, 0.29) is 18.0 Å². The first-order valence-electron chi connectivity index (χ1n) is 5.59. The molecule has 0 radical (unpaired) electrons. The van der Waals surface area contributed by atoms with Crippen LogP contribution in [0.2, 0.25) is 0 Å². The zero-order chi connectivity index (χ0) is 10.7. The van der Waals surface area contributed by atoms with Crippen LogP contribution in [0.1, 0.15) is 40.5 Å². The maximum Gasteiger partial charge on any atom is 0.226 e. The minimum atomic E-state index is 0.115. The van der Waals surface area contributed by atoms with Crippen molar-refractivity contribution in [3.05, 3.63) is 0 Å². The summed E-state index contributed by atoms with van der Waals surface area (Å²) in [5.74, 6) is 0.394. The third-order valence-electron chi connectivity index (χ3n) is 2.56. The molecule has 3 heteroatoms. The number of nitrogens with one attached hydrogen (secondary N) is 1. The van der Waals surface area contributed by atoms with Gasteiger partial charge < -0.3 is 4.90 Å². The van der Waals surface area contributed by atoms with Gasteiger partial charge in [0.1, 0.15) is 0 Å². The first kappa shape index (κ1) is 11.5. The Labute approximate surface area is 86.9 Å². The predicted octanol–water partition coefficient (Wildman–Crippen LogP) is 1.59. The van der Waals surface area contributed by atoms with Crippen LogP contribution in [0.5, 0.6) is 0 Å². The van der Waals surface area contributed by atoms with Crippen LogP contribution in [0.3, 0.4) is 0 Å². The third-order valence-corrected chi connectivity index (χ3v) is 2.56. The first-order chi connectivity index (χ1) is 6.52. The lowest BCUT2D eigenvalue weighted by molar-refractivity contribution is -0.135. The molecule has 1 aliphatic rings. The highest BCUT2D eigenvalue weighted by molar-refractivity contribution is 5.78. The van der Waals surface area contributed by atoms with Crippen LogP contribution in [0, 0.1) is 5.92 Å². The molecule has 14 heavy (non-hydrogen) atoms. The first-order valence-corrected chi connectivity index (χ1v) is 5.59. The smallest absolute Gasteiger partial charge is 0.226 e. The molecule has 1 heterocycles. The minimum Gasteiger partial charge on any atom is -0.327 e. The van der Waals surface area contributed by atoms with Crippen molar-refractivity contribution in [3.63, 3.8) is 0 Å². The minimum absolute atomic E-state index is 0.115. The van der Waals surface area contributed by atoms with E-state index < -0.39 is 0 Å². The Morgan fingerprint density at radius 1 is 1.36 bits per heavy atom. The van der Waals surface area contributed by atoms with Crippen molar-refractivity contribution in [2.45, 2.75) is 52.7 Å². The molecular formula is C11H22N2O. The van der Waals surface area contributed by atoms with Gasteiger partial charge in [-0.05, 0) is 26.7 Å². The topological polar surface area (TPSA) is 32.3 Å². The molecule has 1 unspecified atom stereocenters. The van der Waals surface area contributed by atoms with Crippen molar-refractivity contribution in [3.8, 4) is 0 Å². The average molecular weight is 198 g/mol. The van der Waals surface area contributed by atoms with E-state index in [1.807, 2.05) is 18.7 Å². The Morgan fingerprint density at radius 3 is 2.50 bits per heavy atom. The van der Waals surface area contributed by atoms with E-state index in [0.29, 0.717) is 6.04 Å². The molecule has 1 atom stereocenters. The molecule has 3 nitrogen and oxygen atoms in total. The summed E-state index contributed by atoms with van der Waals surface area (Å²) in [5.41, 5.74) is 0.